The van der Waals surface area contributed by atoms with Crippen molar-refractivity contribution in [3.8, 4) is 11.5 Å². The third-order valence-corrected chi connectivity index (χ3v) is 4.55. The number of rotatable bonds is 6. The van der Waals surface area contributed by atoms with Crippen LogP contribution >= 0.6 is 36.4 Å². The van der Waals surface area contributed by atoms with E-state index >= 15 is 0 Å². The highest BCUT2D eigenvalue weighted by atomic mass is 35.5. The first-order valence-corrected chi connectivity index (χ1v) is 8.31. The van der Waals surface area contributed by atoms with Gasteiger partial charge in [0.15, 0.2) is 11.5 Å². The van der Waals surface area contributed by atoms with E-state index in [1.165, 1.54) is 0 Å². The van der Waals surface area contributed by atoms with Gasteiger partial charge in [0.05, 0.1) is 19.2 Å². The Hall–Kier alpha value is -0.390. The normalized spacial score (nSPS) is 16.1. The molecule has 0 amide bonds. The summed E-state index contributed by atoms with van der Waals surface area (Å²) in [5.74, 6) is 1.91. The summed E-state index contributed by atoms with van der Waals surface area (Å²) in [6.07, 6.45) is 1.08. The van der Waals surface area contributed by atoms with Gasteiger partial charge < -0.3 is 14.8 Å². The second-order valence-corrected chi connectivity index (χ2v) is 6.51. The van der Waals surface area contributed by atoms with Crippen LogP contribution < -0.4 is 14.8 Å². The van der Waals surface area contributed by atoms with Crippen molar-refractivity contribution in [2.24, 2.45) is 5.92 Å². The fourth-order valence-corrected chi connectivity index (χ4v) is 3.43. The Bertz CT molecular complexity index is 495. The van der Waals surface area contributed by atoms with Crippen LogP contribution in [-0.4, -0.2) is 45.3 Å². The summed E-state index contributed by atoms with van der Waals surface area (Å²) in [7, 11) is 3.27. The van der Waals surface area contributed by atoms with Gasteiger partial charge in [0.25, 0.3) is 0 Å². The molecule has 0 saturated carbocycles. The molecule has 1 heterocycles. The van der Waals surface area contributed by atoms with E-state index in [0.29, 0.717) is 28.5 Å². The molecule has 0 spiro atoms. The number of hydrogen-bond acceptors (Lipinski definition) is 4. The lowest BCUT2D eigenvalue weighted by Crippen LogP contribution is -2.45. The zero-order chi connectivity index (χ0) is 16.1. The van der Waals surface area contributed by atoms with E-state index in [0.717, 1.165) is 38.2 Å². The number of benzene rings is 1. The van der Waals surface area contributed by atoms with Gasteiger partial charge in [-0.1, -0.05) is 31.5 Å². The van der Waals surface area contributed by atoms with Crippen molar-refractivity contribution in [2.75, 3.05) is 40.4 Å². The fourth-order valence-electron chi connectivity index (χ4n) is 3.07. The minimum Gasteiger partial charge on any atom is -0.493 e. The lowest BCUT2D eigenvalue weighted by molar-refractivity contribution is 0.154. The average Bonchev–Trinajstić information content (AvgIpc) is 2.53. The van der Waals surface area contributed by atoms with E-state index in [-0.39, 0.29) is 24.8 Å². The van der Waals surface area contributed by atoms with Crippen LogP contribution in [0.5, 0.6) is 11.5 Å². The highest BCUT2D eigenvalue weighted by Gasteiger charge is 2.27. The van der Waals surface area contributed by atoms with Gasteiger partial charge in [0.1, 0.15) is 0 Å². The summed E-state index contributed by atoms with van der Waals surface area (Å²) >= 11 is 6.64. The van der Waals surface area contributed by atoms with Gasteiger partial charge in [-0.3, -0.25) is 4.90 Å². The van der Waals surface area contributed by atoms with E-state index in [4.69, 9.17) is 21.1 Å². The lowest BCUT2D eigenvalue weighted by Gasteiger charge is -2.36. The maximum absolute atomic E-state index is 6.64. The Morgan fingerprint density at radius 1 is 1.12 bits per heavy atom. The van der Waals surface area contributed by atoms with Crippen LogP contribution in [0.1, 0.15) is 31.9 Å². The Kier molecular flexibility index (Phi) is 11.1. The van der Waals surface area contributed by atoms with Crippen LogP contribution in [0.15, 0.2) is 12.1 Å². The Balaban J connectivity index is 0.00000264. The summed E-state index contributed by atoms with van der Waals surface area (Å²) in [4.78, 5) is 2.52. The molecule has 1 atom stereocenters. The van der Waals surface area contributed by atoms with Gasteiger partial charge in [0, 0.05) is 32.2 Å². The Morgan fingerprint density at radius 2 is 1.75 bits per heavy atom. The van der Waals surface area contributed by atoms with Crippen molar-refractivity contribution in [2.45, 2.75) is 26.3 Å². The first-order chi connectivity index (χ1) is 10.6. The zero-order valence-corrected chi connectivity index (χ0v) is 17.2. The Labute approximate surface area is 163 Å². The first-order valence-electron chi connectivity index (χ1n) is 7.93. The molecule has 0 unspecified atom stereocenters. The van der Waals surface area contributed by atoms with Crippen molar-refractivity contribution < 1.29 is 9.47 Å². The van der Waals surface area contributed by atoms with E-state index < -0.39 is 0 Å². The predicted molar refractivity (Wildman–Crippen MR) is 106 cm³/mol. The molecule has 140 valence electrons. The van der Waals surface area contributed by atoms with Crippen LogP contribution in [0.4, 0.5) is 0 Å². The standard InChI is InChI=1S/C17H27ClN2O2.2ClH/c1-12(2)11-14(20-9-7-19-8-10-20)13-5-6-15(21-3)17(22-4)16(13)18;;/h5-6,12,14,19H,7-11H2,1-4H3;2*1H/t14-;;/m0../s1. The van der Waals surface area contributed by atoms with Gasteiger partial charge in [-0.2, -0.15) is 0 Å². The molecule has 1 fully saturated rings. The predicted octanol–water partition coefficient (Wildman–Crippen LogP) is 4.19. The SMILES string of the molecule is COc1ccc([C@H](CC(C)C)N2CCNCC2)c(Cl)c1OC.Cl.Cl. The second kappa shape index (κ2) is 11.3. The molecule has 0 radical (unpaired) electrons. The van der Waals surface area contributed by atoms with E-state index in [9.17, 15) is 0 Å². The van der Waals surface area contributed by atoms with Crippen molar-refractivity contribution >= 4 is 36.4 Å². The highest BCUT2D eigenvalue weighted by Crippen LogP contribution is 2.42. The molecule has 0 bridgehead atoms. The molecule has 1 aliphatic rings. The summed E-state index contributed by atoms with van der Waals surface area (Å²) in [6.45, 7) is 8.65. The first kappa shape index (κ1) is 23.6. The molecule has 1 aromatic rings. The topological polar surface area (TPSA) is 33.7 Å². The number of halogens is 3. The molecule has 2 rings (SSSR count). The molecule has 7 heteroatoms. The van der Waals surface area contributed by atoms with Gasteiger partial charge >= 0.3 is 0 Å². The summed E-state index contributed by atoms with van der Waals surface area (Å²) < 4.78 is 10.8. The summed E-state index contributed by atoms with van der Waals surface area (Å²) in [5, 5.41) is 4.08. The van der Waals surface area contributed by atoms with Crippen LogP contribution in [0.2, 0.25) is 5.02 Å². The van der Waals surface area contributed by atoms with E-state index in [2.05, 4.69) is 30.1 Å². The van der Waals surface area contributed by atoms with Crippen LogP contribution in [-0.2, 0) is 0 Å². The van der Waals surface area contributed by atoms with Gasteiger partial charge in [0.2, 0.25) is 0 Å². The number of piperazine rings is 1. The molecule has 0 aliphatic carbocycles. The molecule has 24 heavy (non-hydrogen) atoms. The third-order valence-electron chi connectivity index (χ3n) is 4.16. The quantitative estimate of drug-likeness (QED) is 0.777. The van der Waals surface area contributed by atoms with Crippen molar-refractivity contribution in [3.63, 3.8) is 0 Å². The number of hydrogen-bond donors (Lipinski definition) is 1. The van der Waals surface area contributed by atoms with Gasteiger partial charge in [-0.15, -0.1) is 24.8 Å². The van der Waals surface area contributed by atoms with Crippen molar-refractivity contribution in [1.82, 2.24) is 10.2 Å². The lowest BCUT2D eigenvalue weighted by atomic mass is 9.94. The van der Waals surface area contributed by atoms with Crippen LogP contribution in [0, 0.1) is 5.92 Å². The minimum absolute atomic E-state index is 0. The number of ether oxygens (including phenoxy) is 2. The van der Waals surface area contributed by atoms with Gasteiger partial charge in [-0.05, 0) is 24.0 Å². The van der Waals surface area contributed by atoms with Crippen molar-refractivity contribution in [3.05, 3.63) is 22.7 Å². The fraction of sp³-hybridized carbons (Fsp3) is 0.647. The van der Waals surface area contributed by atoms with Crippen LogP contribution in [0.25, 0.3) is 0 Å². The molecule has 1 saturated heterocycles. The van der Waals surface area contributed by atoms with E-state index in [1.807, 2.05) is 6.07 Å². The molecule has 1 N–H and O–H groups in total. The zero-order valence-electron chi connectivity index (χ0n) is 14.8. The maximum atomic E-state index is 6.64. The number of nitrogens with zero attached hydrogens (tertiary/aromatic N) is 1. The second-order valence-electron chi connectivity index (χ2n) is 6.14. The Morgan fingerprint density at radius 3 is 2.25 bits per heavy atom. The number of methoxy groups -OCH3 is 2. The van der Waals surface area contributed by atoms with Crippen molar-refractivity contribution in [1.29, 1.82) is 0 Å². The molecule has 4 nitrogen and oxygen atoms in total. The van der Waals surface area contributed by atoms with Gasteiger partial charge in [-0.25, -0.2) is 0 Å². The smallest absolute Gasteiger partial charge is 0.179 e. The molecule has 0 aromatic heterocycles. The molecule has 1 aromatic carbocycles. The molecular formula is C17H29Cl3N2O2. The summed E-state index contributed by atoms with van der Waals surface area (Å²) in [5.41, 5.74) is 1.13. The highest BCUT2D eigenvalue weighted by molar-refractivity contribution is 6.33. The van der Waals surface area contributed by atoms with E-state index in [1.54, 1.807) is 14.2 Å². The van der Waals surface area contributed by atoms with Crippen LogP contribution in [0.3, 0.4) is 0 Å². The molecular weight excluding hydrogens is 371 g/mol. The number of nitrogens with one attached hydrogen (secondary N) is 1. The molecule has 1 aliphatic heterocycles. The third kappa shape index (κ3) is 5.57. The monoisotopic (exact) mass is 398 g/mol. The average molecular weight is 400 g/mol. The minimum atomic E-state index is 0. The summed E-state index contributed by atoms with van der Waals surface area (Å²) in [6, 6.07) is 4.35. The largest absolute Gasteiger partial charge is 0.493 e. The maximum Gasteiger partial charge on any atom is 0.179 e.